The van der Waals surface area contributed by atoms with Crippen LogP contribution in [0.4, 0.5) is 4.39 Å². The van der Waals surface area contributed by atoms with Gasteiger partial charge in [-0.05, 0) is 30.0 Å². The van der Waals surface area contributed by atoms with Crippen LogP contribution in [0.1, 0.15) is 23.6 Å². The zero-order valence-electron chi connectivity index (χ0n) is 13.1. The maximum Gasteiger partial charge on any atom is 0.237 e. The number of hydrogen-bond acceptors (Lipinski definition) is 3. The molecule has 0 aliphatic carbocycles. The number of carbonyl (C=O) groups excluding carboxylic acids is 1. The summed E-state index contributed by atoms with van der Waals surface area (Å²) in [5, 5.41) is 2.98. The van der Waals surface area contributed by atoms with Crippen LogP contribution in [-0.4, -0.2) is 17.7 Å². The highest BCUT2D eigenvalue weighted by Gasteiger charge is 2.26. The lowest BCUT2D eigenvalue weighted by Crippen LogP contribution is -2.44. The summed E-state index contributed by atoms with van der Waals surface area (Å²) in [7, 11) is 0. The molecular weight excluding hydrogens is 347 g/mol. The summed E-state index contributed by atoms with van der Waals surface area (Å²) in [5.74, 6) is 0.369. The quantitative estimate of drug-likeness (QED) is 0.871. The highest BCUT2D eigenvalue weighted by molar-refractivity contribution is 7.99. The molecule has 1 unspecified atom stereocenters. The monoisotopic (exact) mass is 366 g/mol. The van der Waals surface area contributed by atoms with Gasteiger partial charge in [0.05, 0.1) is 12.1 Å². The molecule has 2 atom stereocenters. The van der Waals surface area contributed by atoms with Crippen molar-refractivity contribution >= 4 is 30.1 Å². The van der Waals surface area contributed by atoms with Gasteiger partial charge >= 0.3 is 0 Å². The molecule has 1 aliphatic rings. The molecule has 1 heterocycles. The Balaban J connectivity index is 0.00000208. The van der Waals surface area contributed by atoms with Gasteiger partial charge in [-0.2, -0.15) is 0 Å². The van der Waals surface area contributed by atoms with Crippen LogP contribution >= 0.6 is 24.2 Å². The number of hydrogen-bond donors (Lipinski definition) is 2. The van der Waals surface area contributed by atoms with E-state index in [1.807, 2.05) is 36.4 Å². The average molecular weight is 367 g/mol. The van der Waals surface area contributed by atoms with Crippen molar-refractivity contribution < 1.29 is 9.18 Å². The van der Waals surface area contributed by atoms with Crippen molar-refractivity contribution in [2.24, 2.45) is 5.73 Å². The molecule has 0 saturated carbocycles. The van der Waals surface area contributed by atoms with E-state index in [1.165, 1.54) is 17.8 Å². The smallest absolute Gasteiger partial charge is 0.237 e. The molecular formula is C18H20ClFN2OS. The molecule has 3 rings (SSSR count). The van der Waals surface area contributed by atoms with E-state index in [2.05, 4.69) is 5.32 Å². The molecule has 0 bridgehead atoms. The van der Waals surface area contributed by atoms with Gasteiger partial charge in [-0.1, -0.05) is 42.5 Å². The van der Waals surface area contributed by atoms with Crippen molar-refractivity contribution in [2.75, 3.05) is 5.75 Å². The first-order valence-electron chi connectivity index (χ1n) is 7.66. The van der Waals surface area contributed by atoms with Crippen LogP contribution in [0.2, 0.25) is 0 Å². The number of carbonyl (C=O) groups is 1. The summed E-state index contributed by atoms with van der Waals surface area (Å²) >= 11 is 1.50. The first-order valence-corrected chi connectivity index (χ1v) is 8.65. The van der Waals surface area contributed by atoms with Gasteiger partial charge in [0, 0.05) is 10.6 Å². The van der Waals surface area contributed by atoms with Crippen LogP contribution in [0.25, 0.3) is 0 Å². The molecule has 0 spiro atoms. The van der Waals surface area contributed by atoms with Crippen molar-refractivity contribution in [1.82, 2.24) is 5.32 Å². The third kappa shape index (κ3) is 4.29. The third-order valence-corrected chi connectivity index (χ3v) is 5.14. The molecule has 1 aliphatic heterocycles. The first-order chi connectivity index (χ1) is 11.1. The Morgan fingerprint density at radius 1 is 1.25 bits per heavy atom. The van der Waals surface area contributed by atoms with E-state index in [1.54, 1.807) is 6.07 Å². The lowest BCUT2D eigenvalue weighted by molar-refractivity contribution is -0.123. The summed E-state index contributed by atoms with van der Waals surface area (Å²) in [4.78, 5) is 13.0. The lowest BCUT2D eigenvalue weighted by Gasteiger charge is -2.27. The van der Waals surface area contributed by atoms with E-state index in [-0.39, 0.29) is 30.2 Å². The standard InChI is InChI=1S/C18H19FN2OS.ClH/c19-14-8-4-7-13-16(9-10-23-17(13)14)21-18(22)15(20)11-12-5-2-1-3-6-12;/h1-8,15-16H,9-11,20H2,(H,21,22);1H/t15-,16?;/m0./s1. The van der Waals surface area contributed by atoms with Gasteiger partial charge in [-0.25, -0.2) is 4.39 Å². The van der Waals surface area contributed by atoms with Crippen LogP contribution in [-0.2, 0) is 11.2 Å². The first kappa shape index (κ1) is 18.8. The molecule has 0 radical (unpaired) electrons. The SMILES string of the molecule is Cl.N[C@@H](Cc1ccccc1)C(=O)NC1CCSc2c(F)cccc21. The van der Waals surface area contributed by atoms with Gasteiger partial charge in [0.15, 0.2) is 0 Å². The zero-order valence-corrected chi connectivity index (χ0v) is 14.7. The second kappa shape index (κ2) is 8.51. The molecule has 2 aromatic carbocycles. The molecule has 3 N–H and O–H groups in total. The number of rotatable bonds is 4. The fraction of sp³-hybridized carbons (Fsp3) is 0.278. The summed E-state index contributed by atoms with van der Waals surface area (Å²) in [6.07, 6.45) is 1.27. The molecule has 0 aromatic heterocycles. The summed E-state index contributed by atoms with van der Waals surface area (Å²) in [5.41, 5.74) is 7.90. The number of nitrogens with one attached hydrogen (secondary N) is 1. The van der Waals surface area contributed by atoms with Gasteiger partial charge in [0.1, 0.15) is 5.82 Å². The van der Waals surface area contributed by atoms with Gasteiger partial charge in [0.25, 0.3) is 0 Å². The number of benzene rings is 2. The van der Waals surface area contributed by atoms with E-state index in [0.717, 1.165) is 23.3 Å². The molecule has 128 valence electrons. The molecule has 24 heavy (non-hydrogen) atoms. The van der Waals surface area contributed by atoms with E-state index >= 15 is 0 Å². The molecule has 3 nitrogen and oxygen atoms in total. The number of amides is 1. The van der Waals surface area contributed by atoms with Crippen LogP contribution < -0.4 is 11.1 Å². The van der Waals surface area contributed by atoms with Crippen molar-refractivity contribution in [2.45, 2.75) is 29.8 Å². The topological polar surface area (TPSA) is 55.1 Å². The molecule has 0 fully saturated rings. The maximum atomic E-state index is 13.9. The Morgan fingerprint density at radius 3 is 2.75 bits per heavy atom. The summed E-state index contributed by atoms with van der Waals surface area (Å²) < 4.78 is 13.9. The Kier molecular flexibility index (Phi) is 6.66. The van der Waals surface area contributed by atoms with E-state index in [9.17, 15) is 9.18 Å². The minimum atomic E-state index is -0.607. The highest BCUT2D eigenvalue weighted by Crippen LogP contribution is 2.37. The van der Waals surface area contributed by atoms with Gasteiger partial charge in [-0.15, -0.1) is 24.2 Å². The van der Waals surface area contributed by atoms with E-state index in [0.29, 0.717) is 11.3 Å². The molecule has 0 saturated heterocycles. The van der Waals surface area contributed by atoms with Gasteiger partial charge in [0.2, 0.25) is 5.91 Å². The summed E-state index contributed by atoms with van der Waals surface area (Å²) in [6, 6.07) is 13.9. The van der Waals surface area contributed by atoms with Gasteiger partial charge < -0.3 is 11.1 Å². The number of nitrogens with two attached hydrogens (primary N) is 1. The van der Waals surface area contributed by atoms with Crippen LogP contribution in [0, 0.1) is 5.82 Å². The van der Waals surface area contributed by atoms with Crippen LogP contribution in [0.5, 0.6) is 0 Å². The van der Waals surface area contributed by atoms with E-state index < -0.39 is 6.04 Å². The summed E-state index contributed by atoms with van der Waals surface area (Å²) in [6.45, 7) is 0. The lowest BCUT2D eigenvalue weighted by atomic mass is 10.0. The molecule has 2 aromatic rings. The number of fused-ring (bicyclic) bond motifs is 1. The second-order valence-electron chi connectivity index (χ2n) is 5.65. The fourth-order valence-electron chi connectivity index (χ4n) is 2.78. The Morgan fingerprint density at radius 2 is 2.00 bits per heavy atom. The fourth-order valence-corrected chi connectivity index (χ4v) is 3.92. The maximum absolute atomic E-state index is 13.9. The molecule has 1 amide bonds. The normalized spacial score (nSPS) is 17.3. The van der Waals surface area contributed by atoms with Gasteiger partial charge in [-0.3, -0.25) is 4.79 Å². The Hall–Kier alpha value is -1.56. The highest BCUT2D eigenvalue weighted by atomic mass is 35.5. The average Bonchev–Trinajstić information content (AvgIpc) is 2.56. The predicted octanol–water partition coefficient (Wildman–Crippen LogP) is 3.47. The largest absolute Gasteiger partial charge is 0.348 e. The van der Waals surface area contributed by atoms with Crippen molar-refractivity contribution in [3.05, 3.63) is 65.5 Å². The molecule has 6 heteroatoms. The number of halogens is 2. The minimum absolute atomic E-state index is 0. The number of thioether (sulfide) groups is 1. The zero-order chi connectivity index (χ0) is 16.2. The Bertz CT molecular complexity index is 699. The van der Waals surface area contributed by atoms with E-state index in [4.69, 9.17) is 5.73 Å². The van der Waals surface area contributed by atoms with Crippen molar-refractivity contribution in [1.29, 1.82) is 0 Å². The minimum Gasteiger partial charge on any atom is -0.348 e. The van der Waals surface area contributed by atoms with Crippen molar-refractivity contribution in [3.63, 3.8) is 0 Å². The van der Waals surface area contributed by atoms with Crippen molar-refractivity contribution in [3.8, 4) is 0 Å². The second-order valence-corrected chi connectivity index (χ2v) is 6.76. The Labute approximate surface area is 151 Å². The predicted molar refractivity (Wildman–Crippen MR) is 98.0 cm³/mol. The van der Waals surface area contributed by atoms with Crippen LogP contribution in [0.3, 0.4) is 0 Å². The third-order valence-electron chi connectivity index (χ3n) is 3.98. The van der Waals surface area contributed by atoms with Crippen LogP contribution in [0.15, 0.2) is 53.4 Å².